The molecule has 102 valence electrons. The van der Waals surface area contributed by atoms with Gasteiger partial charge in [0.15, 0.2) is 5.78 Å². The zero-order chi connectivity index (χ0) is 14.3. The predicted octanol–water partition coefficient (Wildman–Crippen LogP) is 3.60. The van der Waals surface area contributed by atoms with Crippen LogP contribution in [0.1, 0.15) is 34.5 Å². The molecule has 3 rings (SSSR count). The Balaban J connectivity index is 2.25. The third-order valence-corrected chi connectivity index (χ3v) is 4.33. The molecule has 0 radical (unpaired) electrons. The lowest BCUT2D eigenvalue weighted by atomic mass is 9.76. The zero-order valence-corrected chi connectivity index (χ0v) is 11.9. The highest BCUT2D eigenvalue weighted by Gasteiger charge is 2.40. The lowest BCUT2D eigenvalue weighted by Gasteiger charge is -2.33. The summed E-state index contributed by atoms with van der Waals surface area (Å²) in [6.07, 6.45) is 2.15. The number of rotatable bonds is 1. The summed E-state index contributed by atoms with van der Waals surface area (Å²) in [6.45, 7) is 0. The van der Waals surface area contributed by atoms with Gasteiger partial charge >= 0.3 is 0 Å². The van der Waals surface area contributed by atoms with Crippen LogP contribution in [0.4, 0.5) is 0 Å². The summed E-state index contributed by atoms with van der Waals surface area (Å²) in [5.74, 6) is -0.0424. The third-order valence-electron chi connectivity index (χ3n) is 3.61. The van der Waals surface area contributed by atoms with Crippen LogP contribution in [0.15, 0.2) is 36.5 Å². The molecule has 0 fully saturated rings. The smallest absolute Gasteiger partial charge is 0.163 e. The summed E-state index contributed by atoms with van der Waals surface area (Å²) < 4.78 is 0. The Morgan fingerprint density at radius 3 is 2.65 bits per heavy atom. The highest BCUT2D eigenvalue weighted by atomic mass is 35.5. The molecule has 1 aliphatic carbocycles. The average Bonchev–Trinajstić information content (AvgIpc) is 2.46. The molecule has 0 aliphatic heterocycles. The molecule has 5 heteroatoms. The van der Waals surface area contributed by atoms with Crippen LogP contribution in [0.2, 0.25) is 10.0 Å². The Morgan fingerprint density at radius 2 is 1.95 bits per heavy atom. The molecular formula is C15H11Cl2NO2. The maximum absolute atomic E-state index is 12.0. The van der Waals surface area contributed by atoms with Gasteiger partial charge < -0.3 is 5.11 Å². The van der Waals surface area contributed by atoms with E-state index in [9.17, 15) is 9.90 Å². The second-order valence-corrected chi connectivity index (χ2v) is 5.62. The number of ketones is 1. The maximum Gasteiger partial charge on any atom is 0.163 e. The average molecular weight is 308 g/mol. The topological polar surface area (TPSA) is 50.2 Å². The largest absolute Gasteiger partial charge is 0.379 e. The van der Waals surface area contributed by atoms with Gasteiger partial charge in [0.1, 0.15) is 5.60 Å². The van der Waals surface area contributed by atoms with Gasteiger partial charge in [-0.05, 0) is 30.7 Å². The summed E-state index contributed by atoms with van der Waals surface area (Å²) in [4.78, 5) is 16.2. The van der Waals surface area contributed by atoms with E-state index in [-0.39, 0.29) is 18.6 Å². The van der Waals surface area contributed by atoms with Crippen LogP contribution in [0.5, 0.6) is 0 Å². The number of aromatic nitrogens is 1. The monoisotopic (exact) mass is 307 g/mol. The number of halogens is 2. The molecule has 1 unspecified atom stereocenters. The van der Waals surface area contributed by atoms with Gasteiger partial charge in [-0.3, -0.25) is 9.78 Å². The van der Waals surface area contributed by atoms with E-state index < -0.39 is 5.60 Å². The molecule has 0 saturated heterocycles. The summed E-state index contributed by atoms with van der Waals surface area (Å²) in [7, 11) is 0. The molecule has 0 amide bonds. The first kappa shape index (κ1) is 13.6. The molecule has 0 saturated carbocycles. The fourth-order valence-electron chi connectivity index (χ4n) is 2.56. The molecule has 0 bridgehead atoms. The van der Waals surface area contributed by atoms with Gasteiger partial charge in [0, 0.05) is 23.7 Å². The van der Waals surface area contributed by atoms with Crippen LogP contribution >= 0.6 is 23.2 Å². The van der Waals surface area contributed by atoms with Crippen molar-refractivity contribution in [2.24, 2.45) is 0 Å². The van der Waals surface area contributed by atoms with Crippen molar-refractivity contribution in [1.29, 1.82) is 0 Å². The minimum absolute atomic E-state index is 0.0424. The van der Waals surface area contributed by atoms with Crippen molar-refractivity contribution < 1.29 is 9.90 Å². The molecule has 20 heavy (non-hydrogen) atoms. The molecule has 1 heterocycles. The van der Waals surface area contributed by atoms with Gasteiger partial charge in [-0.15, -0.1) is 0 Å². The number of nitrogens with zero attached hydrogens (tertiary/aromatic N) is 1. The van der Waals surface area contributed by atoms with Gasteiger partial charge in [0.2, 0.25) is 0 Å². The van der Waals surface area contributed by atoms with Gasteiger partial charge in [-0.25, -0.2) is 0 Å². The van der Waals surface area contributed by atoms with Crippen LogP contribution in [0, 0.1) is 0 Å². The van der Waals surface area contributed by atoms with Crippen LogP contribution in [-0.2, 0) is 5.60 Å². The number of hydrogen-bond donors (Lipinski definition) is 1. The SMILES string of the molecule is O=C1CCC(O)(c2ccccn2)c2cc(Cl)c(Cl)cc21. The highest BCUT2D eigenvalue weighted by Crippen LogP contribution is 2.42. The van der Waals surface area contributed by atoms with E-state index in [0.29, 0.717) is 26.9 Å². The van der Waals surface area contributed by atoms with Crippen LogP contribution in [-0.4, -0.2) is 15.9 Å². The number of benzene rings is 1. The van der Waals surface area contributed by atoms with Crippen molar-refractivity contribution >= 4 is 29.0 Å². The Hall–Kier alpha value is -1.42. The lowest BCUT2D eigenvalue weighted by Crippen LogP contribution is -2.35. The van der Waals surface area contributed by atoms with Gasteiger partial charge in [0.25, 0.3) is 0 Å². The molecule has 0 spiro atoms. The van der Waals surface area contributed by atoms with E-state index in [2.05, 4.69) is 4.98 Å². The third kappa shape index (κ3) is 2.03. The van der Waals surface area contributed by atoms with Crippen LogP contribution < -0.4 is 0 Å². The number of aliphatic hydroxyl groups is 1. The molecule has 2 aromatic rings. The van der Waals surface area contributed by atoms with Gasteiger partial charge in [-0.2, -0.15) is 0 Å². The molecule has 1 aromatic carbocycles. The molecule has 1 aromatic heterocycles. The highest BCUT2D eigenvalue weighted by molar-refractivity contribution is 6.42. The molecule has 3 nitrogen and oxygen atoms in total. The first-order valence-corrected chi connectivity index (χ1v) is 6.94. The Kier molecular flexibility index (Phi) is 3.28. The Labute approximate surface area is 126 Å². The summed E-state index contributed by atoms with van der Waals surface area (Å²) in [6, 6.07) is 8.40. The number of fused-ring (bicyclic) bond motifs is 1. The summed E-state index contributed by atoms with van der Waals surface area (Å²) >= 11 is 12.0. The van der Waals surface area contributed by atoms with E-state index >= 15 is 0 Å². The predicted molar refractivity (Wildman–Crippen MR) is 77.3 cm³/mol. The second-order valence-electron chi connectivity index (χ2n) is 4.81. The van der Waals surface area contributed by atoms with Crippen molar-refractivity contribution in [2.45, 2.75) is 18.4 Å². The second kappa shape index (κ2) is 4.85. The standard InChI is InChI=1S/C15H11Cl2NO2/c16-11-7-9-10(8-12(11)17)15(20,5-4-13(9)19)14-3-1-2-6-18-14/h1-3,6-8,20H,4-5H2. The summed E-state index contributed by atoms with van der Waals surface area (Å²) in [5, 5.41) is 11.6. The number of carbonyl (C=O) groups is 1. The molecule has 1 atom stereocenters. The lowest BCUT2D eigenvalue weighted by molar-refractivity contribution is 0.0515. The van der Waals surface area contributed by atoms with Crippen molar-refractivity contribution in [3.8, 4) is 0 Å². The molecule has 1 N–H and O–H groups in total. The van der Waals surface area contributed by atoms with E-state index in [1.807, 2.05) is 0 Å². The van der Waals surface area contributed by atoms with E-state index in [0.717, 1.165) is 0 Å². The zero-order valence-electron chi connectivity index (χ0n) is 10.4. The van der Waals surface area contributed by atoms with Crippen molar-refractivity contribution in [2.75, 3.05) is 0 Å². The van der Waals surface area contributed by atoms with Crippen LogP contribution in [0.25, 0.3) is 0 Å². The number of hydrogen-bond acceptors (Lipinski definition) is 3. The van der Waals surface area contributed by atoms with E-state index in [1.165, 1.54) is 6.07 Å². The Morgan fingerprint density at radius 1 is 1.20 bits per heavy atom. The van der Waals surface area contributed by atoms with E-state index in [1.54, 1.807) is 30.5 Å². The normalized spacial score (nSPS) is 21.6. The van der Waals surface area contributed by atoms with Gasteiger partial charge in [0.05, 0.1) is 15.7 Å². The Bertz CT molecular complexity index is 688. The number of carbonyl (C=O) groups excluding carboxylic acids is 1. The fraction of sp³-hybridized carbons (Fsp3) is 0.200. The van der Waals surface area contributed by atoms with Crippen molar-refractivity contribution in [3.63, 3.8) is 0 Å². The minimum Gasteiger partial charge on any atom is -0.379 e. The fourth-order valence-corrected chi connectivity index (χ4v) is 2.88. The first-order chi connectivity index (χ1) is 9.52. The molecular weight excluding hydrogens is 297 g/mol. The number of pyridine rings is 1. The first-order valence-electron chi connectivity index (χ1n) is 6.19. The minimum atomic E-state index is -1.31. The van der Waals surface area contributed by atoms with E-state index in [4.69, 9.17) is 23.2 Å². The van der Waals surface area contributed by atoms with Crippen molar-refractivity contribution in [3.05, 3.63) is 63.4 Å². The summed E-state index contributed by atoms with van der Waals surface area (Å²) in [5.41, 5.74) is 0.0893. The maximum atomic E-state index is 12.0. The number of Topliss-reactive ketones (excluding diaryl/α,β-unsaturated/α-hetero) is 1. The quantitative estimate of drug-likeness (QED) is 0.875. The van der Waals surface area contributed by atoms with Crippen molar-refractivity contribution in [1.82, 2.24) is 4.98 Å². The molecule has 1 aliphatic rings. The van der Waals surface area contributed by atoms with Crippen LogP contribution in [0.3, 0.4) is 0 Å². The van der Waals surface area contributed by atoms with Gasteiger partial charge in [-0.1, -0.05) is 29.3 Å².